The third kappa shape index (κ3) is 4.11. The summed E-state index contributed by atoms with van der Waals surface area (Å²) < 4.78 is 0. The minimum absolute atomic E-state index is 0.00879. The number of benzene rings is 3. The molecule has 0 saturated carbocycles. The second-order valence-electron chi connectivity index (χ2n) is 7.27. The van der Waals surface area contributed by atoms with Gasteiger partial charge in [0.15, 0.2) is 0 Å². The van der Waals surface area contributed by atoms with Crippen molar-refractivity contribution in [3.05, 3.63) is 98.6 Å². The van der Waals surface area contributed by atoms with Gasteiger partial charge in [-0.2, -0.15) is 0 Å². The maximum Gasteiger partial charge on any atom is 0.289 e. The number of carbonyl (C=O) groups excluding carboxylic acids is 1. The van der Waals surface area contributed by atoms with Crippen LogP contribution in [0.1, 0.15) is 21.5 Å². The average molecular weight is 432 g/mol. The molecule has 0 fully saturated rings. The highest BCUT2D eigenvalue weighted by Gasteiger charge is 2.18. The first kappa shape index (κ1) is 20.5. The van der Waals surface area contributed by atoms with Crippen LogP contribution in [0.25, 0.3) is 22.2 Å². The van der Waals surface area contributed by atoms with Crippen LogP contribution in [0.4, 0.5) is 11.4 Å². The molecule has 4 rings (SSSR count). The zero-order chi connectivity index (χ0) is 22.1. The molecule has 0 aliphatic heterocycles. The molecular formula is C24H18ClN3O3. The van der Waals surface area contributed by atoms with E-state index >= 15 is 0 Å². The maximum atomic E-state index is 13.2. The van der Waals surface area contributed by atoms with E-state index in [4.69, 9.17) is 16.6 Å². The Balaban J connectivity index is 1.80. The first-order chi connectivity index (χ1) is 14.8. The number of nitro groups is 1. The summed E-state index contributed by atoms with van der Waals surface area (Å²) in [5.41, 5.74) is 4.96. The number of para-hydroxylation sites is 1. The monoisotopic (exact) mass is 431 g/mol. The summed E-state index contributed by atoms with van der Waals surface area (Å²) in [7, 11) is 0. The van der Waals surface area contributed by atoms with Gasteiger partial charge in [0.25, 0.3) is 11.6 Å². The second kappa shape index (κ2) is 8.16. The number of rotatable bonds is 4. The highest BCUT2D eigenvalue weighted by Crippen LogP contribution is 2.30. The van der Waals surface area contributed by atoms with Gasteiger partial charge in [0.1, 0.15) is 5.02 Å². The number of halogens is 1. The van der Waals surface area contributed by atoms with Crippen LogP contribution < -0.4 is 5.32 Å². The minimum atomic E-state index is -0.585. The van der Waals surface area contributed by atoms with Gasteiger partial charge < -0.3 is 5.32 Å². The Morgan fingerprint density at radius 3 is 2.55 bits per heavy atom. The van der Waals surface area contributed by atoms with E-state index in [1.54, 1.807) is 6.07 Å². The number of aromatic nitrogens is 1. The van der Waals surface area contributed by atoms with Crippen molar-refractivity contribution < 1.29 is 9.72 Å². The Morgan fingerprint density at radius 1 is 1.03 bits per heavy atom. The van der Waals surface area contributed by atoms with Gasteiger partial charge in [-0.3, -0.25) is 14.9 Å². The molecule has 0 saturated heterocycles. The molecule has 4 aromatic rings. The Hall–Kier alpha value is -3.77. The fraction of sp³-hybridized carbons (Fsp3) is 0.0833. The molecule has 1 amide bonds. The van der Waals surface area contributed by atoms with Gasteiger partial charge in [0, 0.05) is 22.7 Å². The zero-order valence-corrected chi connectivity index (χ0v) is 17.6. The first-order valence-corrected chi connectivity index (χ1v) is 9.94. The molecule has 1 aromatic heterocycles. The number of hydrogen-bond acceptors (Lipinski definition) is 4. The summed E-state index contributed by atoms with van der Waals surface area (Å²) in [5.74, 6) is -0.388. The normalized spacial score (nSPS) is 10.8. The molecular weight excluding hydrogens is 414 g/mol. The molecule has 154 valence electrons. The molecule has 0 unspecified atom stereocenters. The van der Waals surface area contributed by atoms with Crippen molar-refractivity contribution in [2.24, 2.45) is 0 Å². The van der Waals surface area contributed by atoms with E-state index in [1.165, 1.54) is 18.2 Å². The van der Waals surface area contributed by atoms with Crippen molar-refractivity contribution in [3.8, 4) is 11.3 Å². The zero-order valence-electron chi connectivity index (χ0n) is 16.8. The number of fused-ring (bicyclic) bond motifs is 1. The van der Waals surface area contributed by atoms with Crippen LogP contribution >= 0.6 is 11.6 Å². The lowest BCUT2D eigenvalue weighted by Gasteiger charge is -2.12. The fourth-order valence-electron chi connectivity index (χ4n) is 3.53. The van der Waals surface area contributed by atoms with E-state index in [1.807, 2.05) is 50.2 Å². The van der Waals surface area contributed by atoms with Gasteiger partial charge in [0.2, 0.25) is 0 Å². The summed E-state index contributed by atoms with van der Waals surface area (Å²) in [6.45, 7) is 4.03. The lowest BCUT2D eigenvalue weighted by atomic mass is 9.99. The quantitative estimate of drug-likeness (QED) is 0.302. The van der Waals surface area contributed by atoms with Crippen LogP contribution in [-0.2, 0) is 0 Å². The smallest absolute Gasteiger partial charge is 0.289 e. The topological polar surface area (TPSA) is 85.1 Å². The molecule has 0 aliphatic rings. The van der Waals surface area contributed by atoms with E-state index in [-0.39, 0.29) is 22.3 Å². The number of hydrogen-bond donors (Lipinski definition) is 1. The molecule has 3 aromatic carbocycles. The van der Waals surface area contributed by atoms with Crippen molar-refractivity contribution in [3.63, 3.8) is 0 Å². The van der Waals surface area contributed by atoms with Crippen molar-refractivity contribution >= 4 is 39.8 Å². The van der Waals surface area contributed by atoms with Crippen molar-refractivity contribution in [1.29, 1.82) is 0 Å². The summed E-state index contributed by atoms with van der Waals surface area (Å²) >= 11 is 5.87. The Kier molecular flexibility index (Phi) is 5.40. The number of nitrogens with one attached hydrogen (secondary N) is 1. The highest BCUT2D eigenvalue weighted by atomic mass is 35.5. The molecule has 0 bridgehead atoms. The third-order valence-electron chi connectivity index (χ3n) is 5.02. The molecule has 1 N–H and O–H groups in total. The van der Waals surface area contributed by atoms with Gasteiger partial charge in [-0.25, -0.2) is 4.98 Å². The molecule has 1 heterocycles. The molecule has 7 heteroatoms. The van der Waals surface area contributed by atoms with Crippen LogP contribution in [-0.4, -0.2) is 15.8 Å². The van der Waals surface area contributed by atoms with Gasteiger partial charge in [-0.1, -0.05) is 53.6 Å². The number of carbonyl (C=O) groups is 1. The number of nitrogens with zero attached hydrogens (tertiary/aromatic N) is 2. The van der Waals surface area contributed by atoms with E-state index in [0.29, 0.717) is 22.2 Å². The van der Waals surface area contributed by atoms with E-state index in [2.05, 4.69) is 11.4 Å². The molecule has 31 heavy (non-hydrogen) atoms. The minimum Gasteiger partial charge on any atom is -0.322 e. The van der Waals surface area contributed by atoms with Crippen LogP contribution in [0.15, 0.2) is 66.7 Å². The maximum absolute atomic E-state index is 13.2. The highest BCUT2D eigenvalue weighted by molar-refractivity contribution is 6.32. The van der Waals surface area contributed by atoms with Crippen LogP contribution in [0, 0.1) is 24.0 Å². The lowest BCUT2D eigenvalue weighted by Crippen LogP contribution is -2.13. The van der Waals surface area contributed by atoms with Gasteiger partial charge in [-0.15, -0.1) is 0 Å². The average Bonchev–Trinajstić information content (AvgIpc) is 2.74. The molecule has 0 spiro atoms. The second-order valence-corrected chi connectivity index (χ2v) is 7.68. The number of aryl methyl sites for hydroxylation is 2. The van der Waals surface area contributed by atoms with E-state index < -0.39 is 4.92 Å². The fourth-order valence-corrected chi connectivity index (χ4v) is 3.72. The number of anilines is 1. The summed E-state index contributed by atoms with van der Waals surface area (Å²) in [5, 5.41) is 14.6. The van der Waals surface area contributed by atoms with Crippen LogP contribution in [0.3, 0.4) is 0 Å². The number of nitro benzene ring substituents is 1. The molecule has 0 atom stereocenters. The SMILES string of the molecule is Cc1ccc(-c2cc(C(=O)Nc3ccc(Cl)c([N+](=O)[O-])c3)c3ccccc3n2)c(C)c1. The first-order valence-electron chi connectivity index (χ1n) is 9.56. The van der Waals surface area contributed by atoms with Gasteiger partial charge >= 0.3 is 0 Å². The van der Waals surface area contributed by atoms with Crippen molar-refractivity contribution in [2.45, 2.75) is 13.8 Å². The molecule has 6 nitrogen and oxygen atoms in total. The largest absolute Gasteiger partial charge is 0.322 e. The third-order valence-corrected chi connectivity index (χ3v) is 5.34. The summed E-state index contributed by atoms with van der Waals surface area (Å²) in [6, 6.07) is 19.4. The predicted molar refractivity (Wildman–Crippen MR) is 123 cm³/mol. The van der Waals surface area contributed by atoms with E-state index in [0.717, 1.165) is 16.7 Å². The van der Waals surface area contributed by atoms with Crippen molar-refractivity contribution in [2.75, 3.05) is 5.32 Å². The number of pyridine rings is 1. The molecule has 0 radical (unpaired) electrons. The van der Waals surface area contributed by atoms with Gasteiger partial charge in [0.05, 0.1) is 21.7 Å². The van der Waals surface area contributed by atoms with Gasteiger partial charge in [-0.05, 0) is 43.7 Å². The van der Waals surface area contributed by atoms with Crippen LogP contribution in [0.5, 0.6) is 0 Å². The standard InChI is InChI=1S/C24H18ClN3O3/c1-14-7-9-17(15(2)11-14)22-13-19(18-5-3-4-6-21(18)27-22)24(29)26-16-8-10-20(25)23(12-16)28(30)31/h3-13H,1-2H3,(H,26,29). The Labute approximate surface area is 183 Å². The Morgan fingerprint density at radius 2 is 1.81 bits per heavy atom. The number of amides is 1. The van der Waals surface area contributed by atoms with E-state index in [9.17, 15) is 14.9 Å². The summed E-state index contributed by atoms with van der Waals surface area (Å²) in [4.78, 5) is 28.5. The lowest BCUT2D eigenvalue weighted by molar-refractivity contribution is -0.384. The molecule has 0 aliphatic carbocycles. The summed E-state index contributed by atoms with van der Waals surface area (Å²) in [6.07, 6.45) is 0. The Bertz CT molecular complexity index is 1350. The predicted octanol–water partition coefficient (Wildman–Crippen LogP) is 6.33. The van der Waals surface area contributed by atoms with Crippen LogP contribution in [0.2, 0.25) is 5.02 Å². The van der Waals surface area contributed by atoms with Crippen molar-refractivity contribution in [1.82, 2.24) is 4.98 Å².